The number of carbonyl (C=O) groups excluding carboxylic acids is 1. The Morgan fingerprint density at radius 2 is 1.79 bits per heavy atom. The van der Waals surface area contributed by atoms with Crippen molar-refractivity contribution in [2.24, 2.45) is 0 Å². The molecule has 3 aromatic rings. The Kier molecular flexibility index (Phi) is 5.79. The Labute approximate surface area is 166 Å². The lowest BCUT2D eigenvalue weighted by Crippen LogP contribution is -2.30. The number of hydrazine groups is 1. The highest BCUT2D eigenvalue weighted by Crippen LogP contribution is 2.31. The molecule has 29 heavy (non-hydrogen) atoms. The van der Waals surface area contributed by atoms with Crippen molar-refractivity contribution in [1.29, 1.82) is 0 Å². The van der Waals surface area contributed by atoms with Crippen LogP contribution in [0.3, 0.4) is 0 Å². The molecule has 0 aliphatic heterocycles. The number of nitro groups is 1. The molecule has 1 heterocycles. The van der Waals surface area contributed by atoms with Crippen LogP contribution in [0.5, 0.6) is 0 Å². The van der Waals surface area contributed by atoms with E-state index in [9.17, 15) is 23.7 Å². The lowest BCUT2D eigenvalue weighted by Gasteiger charge is -2.11. The standard InChI is InChI=1S/C17H11ClF2N6O3/c18-11-4-2-1-3-10(11)17(27)25-24-16-14(26(28)29)15(21-8-22-16)23-9-5-6-12(19)13(20)7-9/h1-8H,(H,25,27)(H2,21,22,23,24). The van der Waals surface area contributed by atoms with Crippen LogP contribution in [-0.4, -0.2) is 20.8 Å². The number of hydrogen-bond donors (Lipinski definition) is 3. The molecule has 0 atom stereocenters. The molecule has 2 aromatic carbocycles. The Bertz CT molecular complexity index is 1100. The molecule has 0 bridgehead atoms. The van der Waals surface area contributed by atoms with Gasteiger partial charge in [0.1, 0.15) is 6.33 Å². The number of rotatable bonds is 6. The SMILES string of the molecule is O=C(NNc1ncnc(Nc2ccc(F)c(F)c2)c1[N+](=O)[O-])c1ccccc1Cl. The van der Waals surface area contributed by atoms with Gasteiger partial charge < -0.3 is 5.32 Å². The van der Waals surface area contributed by atoms with Gasteiger partial charge in [0.2, 0.25) is 11.6 Å². The summed E-state index contributed by atoms with van der Waals surface area (Å²) in [5.41, 5.74) is 4.13. The monoisotopic (exact) mass is 420 g/mol. The maximum atomic E-state index is 13.4. The topological polar surface area (TPSA) is 122 Å². The lowest BCUT2D eigenvalue weighted by atomic mass is 10.2. The molecule has 12 heteroatoms. The third-order valence-electron chi connectivity index (χ3n) is 3.60. The molecule has 0 saturated heterocycles. The number of amides is 1. The average Bonchev–Trinajstić information content (AvgIpc) is 2.69. The summed E-state index contributed by atoms with van der Waals surface area (Å²) >= 11 is 5.93. The fourth-order valence-electron chi connectivity index (χ4n) is 2.27. The van der Waals surface area contributed by atoms with E-state index in [1.165, 1.54) is 18.2 Å². The highest BCUT2D eigenvalue weighted by Gasteiger charge is 2.24. The summed E-state index contributed by atoms with van der Waals surface area (Å²) in [7, 11) is 0. The quantitative estimate of drug-likeness (QED) is 0.409. The highest BCUT2D eigenvalue weighted by molar-refractivity contribution is 6.33. The van der Waals surface area contributed by atoms with Gasteiger partial charge in [0, 0.05) is 11.8 Å². The highest BCUT2D eigenvalue weighted by atomic mass is 35.5. The number of carbonyl (C=O) groups is 1. The Hall–Kier alpha value is -3.86. The van der Waals surface area contributed by atoms with Gasteiger partial charge in [0.15, 0.2) is 11.6 Å². The Morgan fingerprint density at radius 1 is 1.07 bits per heavy atom. The van der Waals surface area contributed by atoms with E-state index in [0.717, 1.165) is 18.5 Å². The number of nitrogens with zero attached hydrogens (tertiary/aromatic N) is 3. The summed E-state index contributed by atoms with van der Waals surface area (Å²) in [6, 6.07) is 9.05. The first-order chi connectivity index (χ1) is 13.9. The fraction of sp³-hybridized carbons (Fsp3) is 0. The third-order valence-corrected chi connectivity index (χ3v) is 3.93. The maximum absolute atomic E-state index is 13.4. The fourth-order valence-corrected chi connectivity index (χ4v) is 2.50. The molecule has 1 aromatic heterocycles. The molecular formula is C17H11ClF2N6O3. The first-order valence-electron chi connectivity index (χ1n) is 7.89. The summed E-state index contributed by atoms with van der Waals surface area (Å²) in [5, 5.41) is 14.2. The summed E-state index contributed by atoms with van der Waals surface area (Å²) in [6.45, 7) is 0. The maximum Gasteiger partial charge on any atom is 0.355 e. The van der Waals surface area contributed by atoms with Crippen LogP contribution in [0.25, 0.3) is 0 Å². The van der Waals surface area contributed by atoms with Crippen LogP contribution >= 0.6 is 11.6 Å². The largest absolute Gasteiger partial charge is 0.355 e. The molecule has 9 nitrogen and oxygen atoms in total. The molecule has 0 aliphatic carbocycles. The minimum absolute atomic E-state index is 0.0248. The molecular weight excluding hydrogens is 410 g/mol. The van der Waals surface area contributed by atoms with Crippen molar-refractivity contribution in [2.45, 2.75) is 0 Å². The van der Waals surface area contributed by atoms with Crippen LogP contribution in [0, 0.1) is 21.7 Å². The van der Waals surface area contributed by atoms with Gasteiger partial charge in [0.25, 0.3) is 5.91 Å². The summed E-state index contributed by atoms with van der Waals surface area (Å²) in [6.07, 6.45) is 0.985. The molecule has 3 N–H and O–H groups in total. The molecule has 0 unspecified atom stereocenters. The van der Waals surface area contributed by atoms with Crippen molar-refractivity contribution in [3.63, 3.8) is 0 Å². The molecule has 0 spiro atoms. The van der Waals surface area contributed by atoms with E-state index in [0.29, 0.717) is 0 Å². The number of aromatic nitrogens is 2. The second kappa shape index (κ2) is 8.44. The number of benzene rings is 2. The predicted molar refractivity (Wildman–Crippen MR) is 101 cm³/mol. The van der Waals surface area contributed by atoms with Gasteiger partial charge in [-0.05, 0) is 24.3 Å². The summed E-state index contributed by atoms with van der Waals surface area (Å²) < 4.78 is 26.4. The molecule has 148 valence electrons. The normalized spacial score (nSPS) is 10.3. The molecule has 0 fully saturated rings. The van der Waals surface area contributed by atoms with Crippen molar-refractivity contribution in [2.75, 3.05) is 10.7 Å². The Morgan fingerprint density at radius 3 is 2.48 bits per heavy atom. The van der Waals surface area contributed by atoms with Crippen molar-refractivity contribution in [3.8, 4) is 0 Å². The van der Waals surface area contributed by atoms with Gasteiger partial charge >= 0.3 is 5.69 Å². The van der Waals surface area contributed by atoms with Gasteiger partial charge in [-0.15, -0.1) is 0 Å². The molecule has 1 amide bonds. The number of hydrogen-bond acceptors (Lipinski definition) is 7. The zero-order chi connectivity index (χ0) is 21.0. The zero-order valence-corrected chi connectivity index (χ0v) is 15.1. The van der Waals surface area contributed by atoms with Crippen LogP contribution < -0.4 is 16.2 Å². The van der Waals surface area contributed by atoms with Crippen molar-refractivity contribution >= 4 is 40.5 Å². The summed E-state index contributed by atoms with van der Waals surface area (Å²) in [5.74, 6) is -3.51. The first kappa shape index (κ1) is 19.9. The van der Waals surface area contributed by atoms with Crippen LogP contribution in [0.2, 0.25) is 5.02 Å². The van der Waals surface area contributed by atoms with E-state index >= 15 is 0 Å². The molecule has 0 aliphatic rings. The smallest absolute Gasteiger partial charge is 0.334 e. The van der Waals surface area contributed by atoms with Crippen LogP contribution in [0.4, 0.5) is 31.8 Å². The van der Waals surface area contributed by atoms with Crippen molar-refractivity contribution in [1.82, 2.24) is 15.4 Å². The van der Waals surface area contributed by atoms with Crippen LogP contribution in [-0.2, 0) is 0 Å². The van der Waals surface area contributed by atoms with Gasteiger partial charge in [-0.25, -0.2) is 18.7 Å². The van der Waals surface area contributed by atoms with Gasteiger partial charge in [0.05, 0.1) is 15.5 Å². The van der Waals surface area contributed by atoms with Gasteiger partial charge in [-0.1, -0.05) is 23.7 Å². The number of halogens is 3. The van der Waals surface area contributed by atoms with Crippen molar-refractivity contribution in [3.05, 3.63) is 81.1 Å². The minimum atomic E-state index is -1.14. The van der Waals surface area contributed by atoms with E-state index in [4.69, 9.17) is 11.6 Å². The number of nitrogens with one attached hydrogen (secondary N) is 3. The van der Waals surface area contributed by atoms with Gasteiger partial charge in [-0.3, -0.25) is 25.8 Å². The van der Waals surface area contributed by atoms with E-state index in [2.05, 4.69) is 26.1 Å². The van der Waals surface area contributed by atoms with Crippen LogP contribution in [0.1, 0.15) is 10.4 Å². The van der Waals surface area contributed by atoms with E-state index in [-0.39, 0.29) is 27.9 Å². The van der Waals surface area contributed by atoms with Crippen molar-refractivity contribution < 1.29 is 18.5 Å². The second-order valence-corrected chi connectivity index (χ2v) is 5.90. The second-order valence-electron chi connectivity index (χ2n) is 5.49. The molecule has 3 rings (SSSR count). The molecule has 0 radical (unpaired) electrons. The van der Waals surface area contributed by atoms with E-state index < -0.39 is 28.2 Å². The zero-order valence-electron chi connectivity index (χ0n) is 14.3. The van der Waals surface area contributed by atoms with E-state index in [1.807, 2.05) is 0 Å². The minimum Gasteiger partial charge on any atom is -0.334 e. The average molecular weight is 421 g/mol. The first-order valence-corrected chi connectivity index (χ1v) is 8.27. The third kappa shape index (κ3) is 4.52. The predicted octanol–water partition coefficient (Wildman–Crippen LogP) is 3.82. The van der Waals surface area contributed by atoms with Crippen LogP contribution in [0.15, 0.2) is 48.8 Å². The van der Waals surface area contributed by atoms with Gasteiger partial charge in [-0.2, -0.15) is 0 Å². The summed E-state index contributed by atoms with van der Waals surface area (Å²) in [4.78, 5) is 30.4. The lowest BCUT2D eigenvalue weighted by molar-refractivity contribution is -0.383. The Balaban J connectivity index is 1.85. The molecule has 0 saturated carbocycles. The van der Waals surface area contributed by atoms with E-state index in [1.54, 1.807) is 12.1 Å². The number of anilines is 3.